The van der Waals surface area contributed by atoms with Crippen LogP contribution in [0.4, 0.5) is 5.69 Å². The first-order chi connectivity index (χ1) is 14.7. The lowest BCUT2D eigenvalue weighted by atomic mass is 10.0. The lowest BCUT2D eigenvalue weighted by Crippen LogP contribution is -2.14. The zero-order chi connectivity index (χ0) is 20.8. The van der Waals surface area contributed by atoms with Crippen LogP contribution in [0.1, 0.15) is 15.9 Å². The Morgan fingerprint density at radius 2 is 1.47 bits per heavy atom. The van der Waals surface area contributed by atoms with Gasteiger partial charge < -0.3 is 5.32 Å². The van der Waals surface area contributed by atoms with Crippen LogP contribution in [0.5, 0.6) is 0 Å². The maximum absolute atomic E-state index is 12.5. The van der Waals surface area contributed by atoms with Gasteiger partial charge in [-0.3, -0.25) is 9.59 Å². The number of anilines is 1. The molecule has 7 nitrogen and oxygen atoms in total. The van der Waals surface area contributed by atoms with Crippen molar-refractivity contribution in [2.75, 3.05) is 11.1 Å². The average Bonchev–Trinajstić information content (AvgIpc) is 3.28. The van der Waals surface area contributed by atoms with E-state index < -0.39 is 0 Å². The highest BCUT2D eigenvalue weighted by Crippen LogP contribution is 2.19. The summed E-state index contributed by atoms with van der Waals surface area (Å²) in [6.07, 6.45) is 0. The van der Waals surface area contributed by atoms with E-state index in [1.165, 1.54) is 11.8 Å². The Labute approximate surface area is 177 Å². The van der Waals surface area contributed by atoms with Crippen LogP contribution in [-0.4, -0.2) is 37.7 Å². The van der Waals surface area contributed by atoms with Gasteiger partial charge in [-0.2, -0.15) is 4.68 Å². The van der Waals surface area contributed by atoms with E-state index in [1.54, 1.807) is 41.1 Å². The third kappa shape index (κ3) is 4.61. The van der Waals surface area contributed by atoms with E-state index in [2.05, 4.69) is 20.8 Å². The molecular weight excluding hydrogens is 398 g/mol. The molecule has 4 rings (SSSR count). The number of nitrogens with zero attached hydrogens (tertiary/aromatic N) is 4. The van der Waals surface area contributed by atoms with Gasteiger partial charge in [-0.05, 0) is 46.8 Å². The largest absolute Gasteiger partial charge is 0.325 e. The van der Waals surface area contributed by atoms with Crippen molar-refractivity contribution in [1.29, 1.82) is 0 Å². The third-order valence-corrected chi connectivity index (χ3v) is 5.16. The standard InChI is InChI=1S/C22H17N5O2S/c28-20(15-30-22-24-25-26-27(22)19-9-5-2-6-10-19)23-18-13-11-17(12-14-18)21(29)16-7-3-1-4-8-16/h1-14H,15H2,(H,23,28). The number of carbonyl (C=O) groups excluding carboxylic acids is 2. The Hall–Kier alpha value is -3.78. The molecule has 4 aromatic rings. The van der Waals surface area contributed by atoms with Gasteiger partial charge in [-0.1, -0.05) is 60.3 Å². The molecule has 0 radical (unpaired) electrons. The highest BCUT2D eigenvalue weighted by molar-refractivity contribution is 7.99. The normalized spacial score (nSPS) is 10.5. The van der Waals surface area contributed by atoms with Crippen molar-refractivity contribution in [2.45, 2.75) is 5.16 Å². The van der Waals surface area contributed by atoms with Gasteiger partial charge in [0.1, 0.15) is 0 Å². The molecule has 8 heteroatoms. The number of para-hydroxylation sites is 1. The van der Waals surface area contributed by atoms with Crippen LogP contribution in [0.2, 0.25) is 0 Å². The highest BCUT2D eigenvalue weighted by Gasteiger charge is 2.12. The van der Waals surface area contributed by atoms with Crippen molar-refractivity contribution in [3.63, 3.8) is 0 Å². The number of ketones is 1. The van der Waals surface area contributed by atoms with Crippen LogP contribution in [0.15, 0.2) is 90.1 Å². The summed E-state index contributed by atoms with van der Waals surface area (Å²) in [6, 6.07) is 25.4. The average molecular weight is 415 g/mol. The lowest BCUT2D eigenvalue weighted by molar-refractivity contribution is -0.113. The van der Waals surface area contributed by atoms with Crippen LogP contribution >= 0.6 is 11.8 Å². The van der Waals surface area contributed by atoms with E-state index in [9.17, 15) is 9.59 Å². The second-order valence-electron chi connectivity index (χ2n) is 6.32. The Kier molecular flexibility index (Phi) is 5.95. The molecule has 1 N–H and O–H groups in total. The Balaban J connectivity index is 1.35. The number of thioether (sulfide) groups is 1. The van der Waals surface area contributed by atoms with Crippen molar-refractivity contribution in [2.24, 2.45) is 0 Å². The van der Waals surface area contributed by atoms with Crippen LogP contribution in [-0.2, 0) is 4.79 Å². The first-order valence-electron chi connectivity index (χ1n) is 9.17. The van der Waals surface area contributed by atoms with Crippen molar-refractivity contribution in [3.8, 4) is 5.69 Å². The quantitative estimate of drug-likeness (QED) is 0.366. The number of amides is 1. The first-order valence-corrected chi connectivity index (χ1v) is 10.2. The second-order valence-corrected chi connectivity index (χ2v) is 7.26. The molecule has 1 heterocycles. The van der Waals surface area contributed by atoms with Gasteiger partial charge in [-0.15, -0.1) is 5.10 Å². The number of nitrogens with one attached hydrogen (secondary N) is 1. The summed E-state index contributed by atoms with van der Waals surface area (Å²) in [5, 5.41) is 15.0. The number of hydrogen-bond acceptors (Lipinski definition) is 6. The van der Waals surface area contributed by atoms with Crippen LogP contribution in [0, 0.1) is 0 Å². The molecule has 0 bridgehead atoms. The van der Waals surface area contributed by atoms with Gasteiger partial charge in [-0.25, -0.2) is 0 Å². The number of tetrazole rings is 1. The molecular formula is C22H17N5O2S. The minimum absolute atomic E-state index is 0.0585. The van der Waals surface area contributed by atoms with E-state index in [0.29, 0.717) is 22.0 Å². The third-order valence-electron chi connectivity index (χ3n) is 4.24. The van der Waals surface area contributed by atoms with Gasteiger partial charge >= 0.3 is 0 Å². The van der Waals surface area contributed by atoms with Crippen molar-refractivity contribution in [1.82, 2.24) is 20.2 Å². The number of hydrogen-bond donors (Lipinski definition) is 1. The summed E-state index contributed by atoms with van der Waals surface area (Å²) < 4.78 is 1.59. The number of rotatable bonds is 7. The molecule has 1 aromatic heterocycles. The molecule has 0 aliphatic heterocycles. The zero-order valence-corrected chi connectivity index (χ0v) is 16.6. The molecule has 0 saturated heterocycles. The lowest BCUT2D eigenvalue weighted by Gasteiger charge is -2.07. The Morgan fingerprint density at radius 1 is 0.833 bits per heavy atom. The summed E-state index contributed by atoms with van der Waals surface area (Å²) >= 11 is 1.24. The van der Waals surface area contributed by atoms with E-state index in [4.69, 9.17) is 0 Å². The zero-order valence-electron chi connectivity index (χ0n) is 15.8. The first kappa shape index (κ1) is 19.5. The Morgan fingerprint density at radius 3 is 2.17 bits per heavy atom. The van der Waals surface area contributed by atoms with Gasteiger partial charge in [0.2, 0.25) is 11.1 Å². The number of benzene rings is 3. The van der Waals surface area contributed by atoms with Crippen LogP contribution in [0.25, 0.3) is 5.69 Å². The smallest absolute Gasteiger partial charge is 0.234 e. The SMILES string of the molecule is O=C(CSc1nnnn1-c1ccccc1)Nc1ccc(C(=O)c2ccccc2)cc1. The summed E-state index contributed by atoms with van der Waals surface area (Å²) in [5.74, 6) is -0.0979. The Bertz CT molecular complexity index is 1150. The topological polar surface area (TPSA) is 89.8 Å². The van der Waals surface area contributed by atoms with Gasteiger partial charge in [0.25, 0.3) is 0 Å². The summed E-state index contributed by atoms with van der Waals surface area (Å²) in [6.45, 7) is 0. The molecule has 0 aliphatic carbocycles. The maximum atomic E-state index is 12.5. The van der Waals surface area contributed by atoms with Crippen LogP contribution < -0.4 is 5.32 Å². The summed E-state index contributed by atoms with van der Waals surface area (Å²) in [5.41, 5.74) is 2.63. The van der Waals surface area contributed by atoms with Crippen molar-refractivity contribution < 1.29 is 9.59 Å². The molecule has 0 unspecified atom stereocenters. The van der Waals surface area contributed by atoms with E-state index >= 15 is 0 Å². The molecule has 148 valence electrons. The maximum Gasteiger partial charge on any atom is 0.234 e. The van der Waals surface area contributed by atoms with Gasteiger partial charge in [0.05, 0.1) is 11.4 Å². The fourth-order valence-corrected chi connectivity index (χ4v) is 3.48. The second kappa shape index (κ2) is 9.15. The number of aromatic nitrogens is 4. The fraction of sp³-hybridized carbons (Fsp3) is 0.0455. The van der Waals surface area contributed by atoms with Gasteiger partial charge in [0.15, 0.2) is 5.78 Å². The molecule has 0 atom stereocenters. The fourth-order valence-electron chi connectivity index (χ4n) is 2.79. The minimum atomic E-state index is -0.190. The van der Waals surface area contributed by atoms with Gasteiger partial charge in [0, 0.05) is 16.8 Å². The molecule has 0 saturated carbocycles. The highest BCUT2D eigenvalue weighted by atomic mass is 32.2. The molecule has 1 amide bonds. The molecule has 0 spiro atoms. The molecule has 0 aliphatic rings. The van der Waals surface area contributed by atoms with E-state index in [0.717, 1.165) is 5.69 Å². The predicted molar refractivity (Wildman–Crippen MR) is 115 cm³/mol. The minimum Gasteiger partial charge on any atom is -0.325 e. The van der Waals surface area contributed by atoms with E-state index in [-0.39, 0.29) is 17.4 Å². The molecule has 30 heavy (non-hydrogen) atoms. The van der Waals surface area contributed by atoms with E-state index in [1.807, 2.05) is 48.5 Å². The predicted octanol–water partition coefficient (Wildman–Crippen LogP) is 3.62. The molecule has 0 fully saturated rings. The van der Waals surface area contributed by atoms with Crippen molar-refractivity contribution in [3.05, 3.63) is 96.1 Å². The monoisotopic (exact) mass is 415 g/mol. The summed E-state index contributed by atoms with van der Waals surface area (Å²) in [7, 11) is 0. The number of carbonyl (C=O) groups is 2. The molecule has 3 aromatic carbocycles. The van der Waals surface area contributed by atoms with Crippen molar-refractivity contribution >= 4 is 29.1 Å². The summed E-state index contributed by atoms with van der Waals surface area (Å²) in [4.78, 5) is 24.8. The van der Waals surface area contributed by atoms with Crippen LogP contribution in [0.3, 0.4) is 0 Å².